The van der Waals surface area contributed by atoms with Gasteiger partial charge in [-0.1, -0.05) is 42.5 Å². The van der Waals surface area contributed by atoms with Crippen molar-refractivity contribution in [3.05, 3.63) is 71.8 Å². The summed E-state index contributed by atoms with van der Waals surface area (Å²) in [5.41, 5.74) is 3.43. The molecule has 5 nitrogen and oxygen atoms in total. The summed E-state index contributed by atoms with van der Waals surface area (Å²) in [4.78, 5) is 2.51. The van der Waals surface area contributed by atoms with E-state index in [1.165, 1.54) is 16.3 Å². The van der Waals surface area contributed by atoms with E-state index >= 15 is 0 Å². The van der Waals surface area contributed by atoms with Crippen molar-refractivity contribution in [2.45, 2.75) is 13.5 Å². The number of rotatable bonds is 6. The fraction of sp³-hybridized carbons (Fsp3) is 0.320. The van der Waals surface area contributed by atoms with Gasteiger partial charge in [-0.15, -0.1) is 0 Å². The van der Waals surface area contributed by atoms with E-state index in [0.29, 0.717) is 0 Å². The molecule has 0 unspecified atom stereocenters. The van der Waals surface area contributed by atoms with Crippen LogP contribution in [0, 0.1) is 0 Å². The first-order chi connectivity index (χ1) is 14.7. The average Bonchev–Trinajstić information content (AvgIpc) is 2.80. The quantitative estimate of drug-likeness (QED) is 0.572. The zero-order valence-corrected chi connectivity index (χ0v) is 18.0. The van der Waals surface area contributed by atoms with Crippen LogP contribution in [0.15, 0.2) is 65.8 Å². The van der Waals surface area contributed by atoms with Crippen LogP contribution >= 0.6 is 0 Å². The van der Waals surface area contributed by atoms with Gasteiger partial charge in [0.05, 0.1) is 19.9 Å². The van der Waals surface area contributed by atoms with Gasteiger partial charge in [-0.05, 0) is 41.5 Å². The van der Waals surface area contributed by atoms with Gasteiger partial charge >= 0.3 is 0 Å². The van der Waals surface area contributed by atoms with Crippen LogP contribution in [0.5, 0.6) is 11.5 Å². The third kappa shape index (κ3) is 4.41. The van der Waals surface area contributed by atoms with Gasteiger partial charge in [0, 0.05) is 38.3 Å². The molecule has 0 amide bonds. The Morgan fingerprint density at radius 1 is 0.867 bits per heavy atom. The van der Waals surface area contributed by atoms with Crippen LogP contribution in [0.3, 0.4) is 0 Å². The molecule has 0 saturated carbocycles. The van der Waals surface area contributed by atoms with Crippen LogP contribution in [0.1, 0.15) is 18.1 Å². The van der Waals surface area contributed by atoms with Gasteiger partial charge in [-0.3, -0.25) is 9.91 Å². The van der Waals surface area contributed by atoms with Gasteiger partial charge in [-0.2, -0.15) is 5.10 Å². The molecule has 0 aliphatic carbocycles. The highest BCUT2D eigenvalue weighted by Gasteiger charge is 2.17. The Morgan fingerprint density at radius 2 is 1.60 bits per heavy atom. The molecule has 5 heteroatoms. The summed E-state index contributed by atoms with van der Waals surface area (Å²) in [5, 5.41) is 9.69. The zero-order valence-electron chi connectivity index (χ0n) is 18.0. The van der Waals surface area contributed by atoms with E-state index in [4.69, 9.17) is 14.6 Å². The maximum atomic E-state index is 5.42. The Bertz CT molecular complexity index is 1030. The third-order valence-electron chi connectivity index (χ3n) is 5.72. The topological polar surface area (TPSA) is 37.3 Å². The Kier molecular flexibility index (Phi) is 6.19. The van der Waals surface area contributed by atoms with Crippen molar-refractivity contribution in [1.82, 2.24) is 9.91 Å². The van der Waals surface area contributed by atoms with E-state index < -0.39 is 0 Å². The lowest BCUT2D eigenvalue weighted by Gasteiger charge is -2.33. The Balaban J connectivity index is 1.39. The van der Waals surface area contributed by atoms with E-state index in [0.717, 1.165) is 55.5 Å². The van der Waals surface area contributed by atoms with Crippen LogP contribution in [-0.4, -0.2) is 56.0 Å². The van der Waals surface area contributed by atoms with Crippen molar-refractivity contribution in [3.63, 3.8) is 0 Å². The highest BCUT2D eigenvalue weighted by Crippen LogP contribution is 2.28. The second-order valence-electron chi connectivity index (χ2n) is 7.62. The summed E-state index contributed by atoms with van der Waals surface area (Å²) in [7, 11) is 3.31. The molecule has 1 aliphatic heterocycles. The highest BCUT2D eigenvalue weighted by atomic mass is 16.5. The molecule has 1 aliphatic rings. The molecule has 4 rings (SSSR count). The number of fused-ring (bicyclic) bond motifs is 1. The van der Waals surface area contributed by atoms with Crippen molar-refractivity contribution in [1.29, 1.82) is 0 Å². The lowest BCUT2D eigenvalue weighted by atomic mass is 10.0. The molecule has 156 valence electrons. The standard InChI is InChI=1S/C25H29N3O2/c1-19(21-11-12-24(29-2)25(17-21)30-3)26-28-15-13-27(14-16-28)18-22-9-6-8-20-7-4-5-10-23(20)22/h4-12,17H,13-16,18H2,1-3H3/b26-19-. The minimum absolute atomic E-state index is 0.726. The number of piperazine rings is 1. The van der Waals surface area contributed by atoms with Crippen molar-refractivity contribution in [2.24, 2.45) is 5.10 Å². The molecule has 0 atom stereocenters. The van der Waals surface area contributed by atoms with E-state index in [1.807, 2.05) is 25.1 Å². The Labute approximate surface area is 178 Å². The average molecular weight is 404 g/mol. The van der Waals surface area contributed by atoms with Crippen LogP contribution in [0.2, 0.25) is 0 Å². The fourth-order valence-corrected chi connectivity index (χ4v) is 4.00. The SMILES string of the molecule is COc1ccc(/C(C)=N\N2CCN(Cc3cccc4ccccc34)CC2)cc1OC. The molecular formula is C25H29N3O2. The molecule has 3 aromatic rings. The second-order valence-corrected chi connectivity index (χ2v) is 7.62. The number of hydrazone groups is 1. The van der Waals surface area contributed by atoms with Gasteiger partial charge in [0.15, 0.2) is 11.5 Å². The lowest BCUT2D eigenvalue weighted by molar-refractivity contribution is 0.131. The first kappa shape index (κ1) is 20.2. The van der Waals surface area contributed by atoms with Crippen LogP contribution in [0.4, 0.5) is 0 Å². The molecule has 0 bridgehead atoms. The number of nitrogens with zero attached hydrogens (tertiary/aromatic N) is 3. The molecule has 3 aromatic carbocycles. The van der Waals surface area contributed by atoms with E-state index in [2.05, 4.69) is 52.4 Å². The van der Waals surface area contributed by atoms with Crippen molar-refractivity contribution >= 4 is 16.5 Å². The van der Waals surface area contributed by atoms with Crippen LogP contribution < -0.4 is 9.47 Å². The summed E-state index contributed by atoms with van der Waals surface area (Å²) in [6.45, 7) is 6.89. The van der Waals surface area contributed by atoms with Crippen molar-refractivity contribution < 1.29 is 9.47 Å². The monoisotopic (exact) mass is 403 g/mol. The van der Waals surface area contributed by atoms with Crippen LogP contribution in [-0.2, 0) is 6.54 Å². The van der Waals surface area contributed by atoms with Gasteiger partial charge in [0.25, 0.3) is 0 Å². The predicted octanol–water partition coefficient (Wildman–Crippen LogP) is 4.40. The molecule has 0 radical (unpaired) electrons. The number of ether oxygens (including phenoxy) is 2. The van der Waals surface area contributed by atoms with E-state index in [9.17, 15) is 0 Å². The predicted molar refractivity (Wildman–Crippen MR) is 123 cm³/mol. The minimum atomic E-state index is 0.726. The molecule has 1 saturated heterocycles. The molecule has 0 spiro atoms. The molecule has 1 heterocycles. The molecule has 1 fully saturated rings. The largest absolute Gasteiger partial charge is 0.493 e. The number of hydrogen-bond donors (Lipinski definition) is 0. The first-order valence-corrected chi connectivity index (χ1v) is 10.4. The summed E-state index contributed by atoms with van der Waals surface area (Å²) < 4.78 is 10.7. The number of benzene rings is 3. The fourth-order valence-electron chi connectivity index (χ4n) is 4.00. The van der Waals surface area contributed by atoms with E-state index in [1.54, 1.807) is 14.2 Å². The summed E-state index contributed by atoms with van der Waals surface area (Å²) in [6.07, 6.45) is 0. The molecular weight excluding hydrogens is 374 g/mol. The molecule has 30 heavy (non-hydrogen) atoms. The van der Waals surface area contributed by atoms with E-state index in [-0.39, 0.29) is 0 Å². The Morgan fingerprint density at radius 3 is 2.37 bits per heavy atom. The van der Waals surface area contributed by atoms with Crippen molar-refractivity contribution in [3.8, 4) is 11.5 Å². The maximum absolute atomic E-state index is 5.42. The van der Waals surface area contributed by atoms with Gasteiger partial charge in [0.2, 0.25) is 0 Å². The van der Waals surface area contributed by atoms with Crippen molar-refractivity contribution in [2.75, 3.05) is 40.4 Å². The second kappa shape index (κ2) is 9.18. The first-order valence-electron chi connectivity index (χ1n) is 10.4. The highest BCUT2D eigenvalue weighted by molar-refractivity contribution is 5.99. The maximum Gasteiger partial charge on any atom is 0.161 e. The number of methoxy groups -OCH3 is 2. The summed E-state index contributed by atoms with van der Waals surface area (Å²) >= 11 is 0. The smallest absolute Gasteiger partial charge is 0.161 e. The van der Waals surface area contributed by atoms with Gasteiger partial charge in [-0.25, -0.2) is 0 Å². The summed E-state index contributed by atoms with van der Waals surface area (Å²) in [6, 6.07) is 21.1. The minimum Gasteiger partial charge on any atom is -0.493 e. The van der Waals surface area contributed by atoms with Crippen LogP contribution in [0.25, 0.3) is 10.8 Å². The molecule has 0 aromatic heterocycles. The Hall–Kier alpha value is -3.05. The zero-order chi connectivity index (χ0) is 20.9. The third-order valence-corrected chi connectivity index (χ3v) is 5.72. The van der Waals surface area contributed by atoms with Gasteiger partial charge in [0.1, 0.15) is 0 Å². The normalized spacial score (nSPS) is 15.4. The van der Waals surface area contributed by atoms with Gasteiger partial charge < -0.3 is 9.47 Å². The lowest BCUT2D eigenvalue weighted by Crippen LogP contribution is -2.43. The molecule has 0 N–H and O–H groups in total. The number of hydrogen-bond acceptors (Lipinski definition) is 5. The summed E-state index contributed by atoms with van der Waals surface area (Å²) in [5.74, 6) is 1.46.